The molecule has 2 aromatic rings. The molecule has 0 radical (unpaired) electrons. The molecule has 0 heterocycles. The van der Waals surface area contributed by atoms with Crippen LogP contribution in [0.15, 0.2) is 40.9 Å². The van der Waals surface area contributed by atoms with Crippen LogP contribution in [0.25, 0.3) is 6.08 Å². The van der Waals surface area contributed by atoms with Gasteiger partial charge in [-0.15, -0.1) is 0 Å². The fourth-order valence-electron chi connectivity index (χ4n) is 3.47. The van der Waals surface area contributed by atoms with E-state index in [0.29, 0.717) is 29.4 Å². The second-order valence-corrected chi connectivity index (χ2v) is 11.1. The van der Waals surface area contributed by atoms with E-state index >= 15 is 0 Å². The molecule has 11 heteroatoms. The highest BCUT2D eigenvalue weighted by atomic mass is 79.9. The Morgan fingerprint density at radius 2 is 1.72 bits per heavy atom. The van der Waals surface area contributed by atoms with Crippen molar-refractivity contribution in [2.24, 2.45) is 5.92 Å². The van der Waals surface area contributed by atoms with Crippen molar-refractivity contribution in [3.8, 4) is 0 Å². The zero-order valence-electron chi connectivity index (χ0n) is 19.3. The van der Waals surface area contributed by atoms with Gasteiger partial charge in [0.2, 0.25) is 5.91 Å². The molecular formula is C25H23BrCl3F3N2O2. The van der Waals surface area contributed by atoms with Gasteiger partial charge < -0.3 is 10.6 Å². The molecule has 0 saturated heterocycles. The van der Waals surface area contributed by atoms with Gasteiger partial charge >= 0.3 is 6.18 Å². The summed E-state index contributed by atoms with van der Waals surface area (Å²) in [6.45, 7) is 4.46. The minimum atomic E-state index is -4.61. The van der Waals surface area contributed by atoms with Gasteiger partial charge in [-0.05, 0) is 70.1 Å². The summed E-state index contributed by atoms with van der Waals surface area (Å²) < 4.78 is 41.7. The summed E-state index contributed by atoms with van der Waals surface area (Å²) in [5.74, 6) is -2.37. The molecule has 2 amide bonds. The lowest BCUT2D eigenvalue weighted by Crippen LogP contribution is -2.49. The van der Waals surface area contributed by atoms with E-state index < -0.39 is 23.5 Å². The van der Waals surface area contributed by atoms with Gasteiger partial charge in [-0.3, -0.25) is 9.59 Å². The summed E-state index contributed by atoms with van der Waals surface area (Å²) >= 11 is 21.0. The van der Waals surface area contributed by atoms with Crippen LogP contribution in [0.1, 0.15) is 54.1 Å². The molecule has 1 aliphatic carbocycles. The molecule has 36 heavy (non-hydrogen) atoms. The van der Waals surface area contributed by atoms with Gasteiger partial charge in [0.25, 0.3) is 5.91 Å². The zero-order valence-corrected chi connectivity index (χ0v) is 23.1. The van der Waals surface area contributed by atoms with Crippen LogP contribution >= 0.6 is 50.7 Å². The Hall–Kier alpha value is -1.74. The first kappa shape index (κ1) is 28.8. The number of carbonyl (C=O) groups is 2. The Balaban J connectivity index is 1.77. The van der Waals surface area contributed by atoms with E-state index in [9.17, 15) is 22.8 Å². The van der Waals surface area contributed by atoms with Crippen molar-refractivity contribution < 1.29 is 22.8 Å². The number of rotatable bonds is 8. The molecule has 3 rings (SSSR count). The average Bonchev–Trinajstić information content (AvgIpc) is 3.55. The third kappa shape index (κ3) is 6.97. The van der Waals surface area contributed by atoms with E-state index in [2.05, 4.69) is 26.6 Å². The number of alkyl halides is 3. The van der Waals surface area contributed by atoms with Crippen LogP contribution in [0.2, 0.25) is 15.1 Å². The average molecular weight is 627 g/mol. The van der Waals surface area contributed by atoms with Crippen molar-refractivity contribution in [2.75, 3.05) is 6.54 Å². The molecule has 1 fully saturated rings. The fraction of sp³-hybridized carbons (Fsp3) is 0.360. The van der Waals surface area contributed by atoms with Crippen LogP contribution in [-0.2, 0) is 4.79 Å². The predicted octanol–water partition coefficient (Wildman–Crippen LogP) is 7.80. The van der Waals surface area contributed by atoms with Gasteiger partial charge in [-0.1, -0.05) is 66.9 Å². The fourth-order valence-corrected chi connectivity index (χ4v) is 4.66. The molecule has 1 atom stereocenters. The number of hydrogen-bond acceptors (Lipinski definition) is 2. The molecule has 2 N–H and O–H groups in total. The predicted molar refractivity (Wildman–Crippen MR) is 141 cm³/mol. The molecule has 194 valence electrons. The minimum Gasteiger partial charge on any atom is -0.354 e. The molecule has 0 aliphatic heterocycles. The Morgan fingerprint density at radius 3 is 2.22 bits per heavy atom. The standard InChI is InChI=1S/C25H23BrCl3F3N2O2/c1-13(2)12-33-23(36)24(7-8-24)34-22(35)16-5-3-14(9-18(16)26)4-6-17(25(30,31)32)15-10-19(27)21(29)20(28)11-15/h3-6,9-11,13,17H,7-8,12H2,1-2H3,(H,33,36)(H,34,35). The van der Waals surface area contributed by atoms with Crippen molar-refractivity contribution in [2.45, 2.75) is 44.3 Å². The van der Waals surface area contributed by atoms with Gasteiger partial charge in [0.15, 0.2) is 0 Å². The maximum absolute atomic E-state index is 13.8. The SMILES string of the molecule is CC(C)CNC(=O)C1(NC(=O)c2ccc(C=CC(c3cc(Cl)c(Cl)c(Cl)c3)C(F)(F)F)cc2Br)CC1. The first-order valence-corrected chi connectivity index (χ1v) is 13.0. The first-order valence-electron chi connectivity index (χ1n) is 11.0. The highest BCUT2D eigenvalue weighted by Crippen LogP contribution is 2.41. The van der Waals surface area contributed by atoms with E-state index in [4.69, 9.17) is 34.8 Å². The quantitative estimate of drug-likeness (QED) is 0.294. The third-order valence-corrected chi connectivity index (χ3v) is 7.50. The zero-order chi connectivity index (χ0) is 26.8. The number of allylic oxidation sites excluding steroid dienone is 1. The Morgan fingerprint density at radius 1 is 1.11 bits per heavy atom. The molecule has 1 saturated carbocycles. The summed E-state index contributed by atoms with van der Waals surface area (Å²) in [5.41, 5.74) is -0.391. The lowest BCUT2D eigenvalue weighted by Gasteiger charge is -2.19. The maximum atomic E-state index is 13.8. The summed E-state index contributed by atoms with van der Waals surface area (Å²) in [6.07, 6.45) is -1.25. The topological polar surface area (TPSA) is 58.2 Å². The van der Waals surface area contributed by atoms with Crippen molar-refractivity contribution in [1.82, 2.24) is 10.6 Å². The second-order valence-electron chi connectivity index (χ2n) is 9.06. The highest BCUT2D eigenvalue weighted by Gasteiger charge is 2.51. The third-order valence-electron chi connectivity index (χ3n) is 5.65. The molecule has 1 unspecified atom stereocenters. The van der Waals surface area contributed by atoms with Crippen LogP contribution < -0.4 is 10.6 Å². The van der Waals surface area contributed by atoms with Crippen molar-refractivity contribution >= 4 is 68.6 Å². The monoisotopic (exact) mass is 624 g/mol. The van der Waals surface area contributed by atoms with Crippen LogP contribution in [0.3, 0.4) is 0 Å². The Labute approximate surface area is 230 Å². The normalized spacial score (nSPS) is 15.7. The number of carbonyl (C=O) groups excluding carboxylic acids is 2. The molecular weight excluding hydrogens is 604 g/mol. The van der Waals surface area contributed by atoms with Gasteiger partial charge in [0, 0.05) is 11.0 Å². The van der Waals surface area contributed by atoms with E-state index in [-0.39, 0.29) is 38.0 Å². The number of nitrogens with one attached hydrogen (secondary N) is 2. The smallest absolute Gasteiger partial charge is 0.354 e. The van der Waals surface area contributed by atoms with Crippen LogP contribution in [-0.4, -0.2) is 30.1 Å². The maximum Gasteiger partial charge on any atom is 0.399 e. The minimum absolute atomic E-state index is 0.0184. The van der Waals surface area contributed by atoms with Crippen molar-refractivity contribution in [3.05, 3.63) is 72.6 Å². The van der Waals surface area contributed by atoms with Gasteiger partial charge in [-0.25, -0.2) is 0 Å². The highest BCUT2D eigenvalue weighted by molar-refractivity contribution is 9.10. The van der Waals surface area contributed by atoms with E-state index in [1.807, 2.05) is 13.8 Å². The number of hydrogen-bond donors (Lipinski definition) is 2. The van der Waals surface area contributed by atoms with Crippen LogP contribution in [0, 0.1) is 5.92 Å². The van der Waals surface area contributed by atoms with Gasteiger partial charge in [0.05, 0.1) is 26.5 Å². The second kappa shape index (κ2) is 11.3. The number of halogens is 7. The van der Waals surface area contributed by atoms with Crippen molar-refractivity contribution in [1.29, 1.82) is 0 Å². The molecule has 1 aliphatic rings. The summed E-state index contributed by atoms with van der Waals surface area (Å²) in [4.78, 5) is 25.3. The number of benzene rings is 2. The molecule has 0 aromatic heterocycles. The van der Waals surface area contributed by atoms with Gasteiger partial charge in [0.1, 0.15) is 5.54 Å². The van der Waals surface area contributed by atoms with Gasteiger partial charge in [-0.2, -0.15) is 13.2 Å². The molecule has 0 spiro atoms. The van der Waals surface area contributed by atoms with E-state index in [1.165, 1.54) is 24.3 Å². The molecule has 0 bridgehead atoms. The van der Waals surface area contributed by atoms with Crippen molar-refractivity contribution in [3.63, 3.8) is 0 Å². The summed E-state index contributed by atoms with van der Waals surface area (Å²) in [7, 11) is 0. The van der Waals surface area contributed by atoms with Crippen LogP contribution in [0.4, 0.5) is 13.2 Å². The molecule has 2 aromatic carbocycles. The van der Waals surface area contributed by atoms with Crippen LogP contribution in [0.5, 0.6) is 0 Å². The summed E-state index contributed by atoms with van der Waals surface area (Å²) in [6, 6.07) is 6.79. The first-order chi connectivity index (χ1) is 16.7. The lowest BCUT2D eigenvalue weighted by molar-refractivity contribution is -0.139. The Kier molecular flexibility index (Phi) is 9.08. The summed E-state index contributed by atoms with van der Waals surface area (Å²) in [5, 5.41) is 5.46. The number of amides is 2. The van der Waals surface area contributed by atoms with E-state index in [1.54, 1.807) is 0 Å². The largest absolute Gasteiger partial charge is 0.399 e. The lowest BCUT2D eigenvalue weighted by atomic mass is 9.97. The molecule has 4 nitrogen and oxygen atoms in total. The Bertz CT molecular complexity index is 1170. The van der Waals surface area contributed by atoms with E-state index in [0.717, 1.165) is 18.2 Å².